The fourth-order valence-electron chi connectivity index (χ4n) is 1.45. The lowest BCUT2D eigenvalue weighted by atomic mass is 10.0. The molecule has 0 bridgehead atoms. The Labute approximate surface area is 97.7 Å². The highest BCUT2D eigenvalue weighted by Crippen LogP contribution is 2.28. The zero-order valence-corrected chi connectivity index (χ0v) is 9.00. The predicted octanol–water partition coefficient (Wildman–Crippen LogP) is 4.02. The summed E-state index contributed by atoms with van der Waals surface area (Å²) in [5, 5.41) is 9.19. The van der Waals surface area contributed by atoms with E-state index in [1.54, 1.807) is 30.3 Å². The lowest BCUT2D eigenvalue weighted by Gasteiger charge is -2.04. The summed E-state index contributed by atoms with van der Waals surface area (Å²) in [7, 11) is 0. The van der Waals surface area contributed by atoms with Crippen LogP contribution >= 0.6 is 11.6 Å². The van der Waals surface area contributed by atoms with E-state index in [2.05, 4.69) is 0 Å². The summed E-state index contributed by atoms with van der Waals surface area (Å²) in [4.78, 5) is 0. The smallest absolute Gasteiger partial charge is 0.123 e. The van der Waals surface area contributed by atoms with Crippen molar-refractivity contribution in [3.63, 3.8) is 0 Å². The molecule has 0 amide bonds. The van der Waals surface area contributed by atoms with Crippen LogP contribution in [0.4, 0.5) is 4.39 Å². The van der Waals surface area contributed by atoms with E-state index in [0.29, 0.717) is 10.6 Å². The molecule has 0 aliphatic carbocycles. The van der Waals surface area contributed by atoms with E-state index >= 15 is 0 Å². The Morgan fingerprint density at radius 2 is 1.75 bits per heavy atom. The summed E-state index contributed by atoms with van der Waals surface area (Å²) in [5.41, 5.74) is 2.13. The summed E-state index contributed by atoms with van der Waals surface area (Å²) >= 11 is 6.04. The Morgan fingerprint density at radius 1 is 1.06 bits per heavy atom. The second-order valence-corrected chi connectivity index (χ2v) is 3.72. The van der Waals surface area contributed by atoms with Gasteiger partial charge in [-0.3, -0.25) is 0 Å². The molecular weight excluding hydrogens is 225 g/mol. The fraction of sp³-hybridized carbons (Fsp3) is 0. The number of hydrogen-bond donors (Lipinski definition) is 0. The molecule has 0 saturated carbocycles. The standard InChI is InChI=1S/C13H7ClFN/c14-13-7-9(8-16)1-6-12(13)10-2-4-11(15)5-3-10/h1-7H. The monoisotopic (exact) mass is 231 g/mol. The maximum absolute atomic E-state index is 12.7. The third kappa shape index (κ3) is 2.05. The van der Waals surface area contributed by atoms with Crippen molar-refractivity contribution in [3.8, 4) is 17.2 Å². The summed E-state index contributed by atoms with van der Waals surface area (Å²) < 4.78 is 12.7. The van der Waals surface area contributed by atoms with Crippen LogP contribution < -0.4 is 0 Å². The Bertz CT molecular complexity index is 555. The Kier molecular flexibility index (Phi) is 2.89. The number of rotatable bonds is 1. The molecule has 2 aromatic carbocycles. The number of hydrogen-bond acceptors (Lipinski definition) is 1. The van der Waals surface area contributed by atoms with Gasteiger partial charge in [-0.1, -0.05) is 29.8 Å². The quantitative estimate of drug-likeness (QED) is 0.727. The lowest BCUT2D eigenvalue weighted by molar-refractivity contribution is 0.628. The van der Waals surface area contributed by atoms with Crippen LogP contribution in [0.15, 0.2) is 42.5 Å². The van der Waals surface area contributed by atoms with Crippen molar-refractivity contribution < 1.29 is 4.39 Å². The molecule has 0 unspecified atom stereocenters. The van der Waals surface area contributed by atoms with Crippen LogP contribution in [0.5, 0.6) is 0 Å². The topological polar surface area (TPSA) is 23.8 Å². The minimum atomic E-state index is -0.284. The molecule has 2 aromatic rings. The van der Waals surface area contributed by atoms with Gasteiger partial charge in [-0.25, -0.2) is 4.39 Å². The SMILES string of the molecule is N#Cc1ccc(-c2ccc(F)cc2)c(Cl)c1. The van der Waals surface area contributed by atoms with Crippen molar-refractivity contribution in [1.82, 2.24) is 0 Å². The zero-order valence-electron chi connectivity index (χ0n) is 8.24. The van der Waals surface area contributed by atoms with Crippen molar-refractivity contribution in [2.45, 2.75) is 0 Å². The van der Waals surface area contributed by atoms with Gasteiger partial charge in [0.2, 0.25) is 0 Å². The van der Waals surface area contributed by atoms with Gasteiger partial charge in [0, 0.05) is 10.6 Å². The molecule has 0 aromatic heterocycles. The van der Waals surface area contributed by atoms with Gasteiger partial charge >= 0.3 is 0 Å². The molecular formula is C13H7ClFN. The first-order valence-electron chi connectivity index (χ1n) is 4.66. The summed E-state index contributed by atoms with van der Waals surface area (Å²) in [6.07, 6.45) is 0. The van der Waals surface area contributed by atoms with Gasteiger partial charge in [-0.05, 0) is 29.8 Å². The molecule has 2 rings (SSSR count). The van der Waals surface area contributed by atoms with Gasteiger partial charge in [0.15, 0.2) is 0 Å². The van der Waals surface area contributed by atoms with Gasteiger partial charge in [-0.15, -0.1) is 0 Å². The second kappa shape index (κ2) is 4.34. The highest BCUT2D eigenvalue weighted by Gasteiger charge is 2.04. The Hall–Kier alpha value is -1.85. The van der Waals surface area contributed by atoms with Crippen molar-refractivity contribution in [3.05, 3.63) is 58.9 Å². The third-order valence-electron chi connectivity index (χ3n) is 2.25. The van der Waals surface area contributed by atoms with Crippen LogP contribution in [-0.2, 0) is 0 Å². The average molecular weight is 232 g/mol. The number of benzene rings is 2. The molecule has 0 fully saturated rings. The van der Waals surface area contributed by atoms with Gasteiger partial charge in [0.1, 0.15) is 5.82 Å². The largest absolute Gasteiger partial charge is 0.207 e. The van der Waals surface area contributed by atoms with Gasteiger partial charge in [0.05, 0.1) is 11.6 Å². The third-order valence-corrected chi connectivity index (χ3v) is 2.57. The number of halogens is 2. The summed E-state index contributed by atoms with van der Waals surface area (Å²) in [6, 6.07) is 13.1. The first kappa shape index (κ1) is 10.7. The molecule has 0 N–H and O–H groups in total. The molecule has 0 aliphatic heterocycles. The molecule has 78 valence electrons. The van der Waals surface area contributed by atoms with E-state index in [1.165, 1.54) is 12.1 Å². The molecule has 0 saturated heterocycles. The second-order valence-electron chi connectivity index (χ2n) is 3.31. The van der Waals surface area contributed by atoms with E-state index in [0.717, 1.165) is 11.1 Å². The number of nitriles is 1. The highest BCUT2D eigenvalue weighted by molar-refractivity contribution is 6.33. The van der Waals surface area contributed by atoms with Crippen molar-refractivity contribution in [2.24, 2.45) is 0 Å². The Balaban J connectivity index is 2.49. The van der Waals surface area contributed by atoms with E-state index in [9.17, 15) is 4.39 Å². The van der Waals surface area contributed by atoms with Crippen LogP contribution in [0.25, 0.3) is 11.1 Å². The highest BCUT2D eigenvalue weighted by atomic mass is 35.5. The predicted molar refractivity (Wildman–Crippen MR) is 61.6 cm³/mol. The molecule has 0 atom stereocenters. The fourth-order valence-corrected chi connectivity index (χ4v) is 1.74. The molecule has 0 heterocycles. The molecule has 1 nitrogen and oxygen atoms in total. The van der Waals surface area contributed by atoms with Crippen molar-refractivity contribution >= 4 is 11.6 Å². The number of nitrogens with zero attached hydrogens (tertiary/aromatic N) is 1. The molecule has 16 heavy (non-hydrogen) atoms. The van der Waals surface area contributed by atoms with Crippen LogP contribution in [0.2, 0.25) is 5.02 Å². The van der Waals surface area contributed by atoms with Gasteiger partial charge < -0.3 is 0 Å². The first-order chi connectivity index (χ1) is 7.70. The van der Waals surface area contributed by atoms with Gasteiger partial charge in [-0.2, -0.15) is 5.26 Å². The maximum atomic E-state index is 12.7. The van der Waals surface area contributed by atoms with Crippen molar-refractivity contribution in [1.29, 1.82) is 5.26 Å². The first-order valence-corrected chi connectivity index (χ1v) is 5.04. The van der Waals surface area contributed by atoms with Crippen LogP contribution in [0, 0.1) is 17.1 Å². The van der Waals surface area contributed by atoms with E-state index in [4.69, 9.17) is 16.9 Å². The van der Waals surface area contributed by atoms with Crippen LogP contribution in [0.1, 0.15) is 5.56 Å². The molecule has 0 aliphatic rings. The summed E-state index contributed by atoms with van der Waals surface area (Å²) in [6.45, 7) is 0. The minimum Gasteiger partial charge on any atom is -0.207 e. The van der Waals surface area contributed by atoms with E-state index in [1.807, 2.05) is 6.07 Å². The minimum absolute atomic E-state index is 0.284. The zero-order chi connectivity index (χ0) is 11.5. The normalized spacial score (nSPS) is 9.81. The molecule has 0 spiro atoms. The lowest BCUT2D eigenvalue weighted by Crippen LogP contribution is -1.82. The maximum Gasteiger partial charge on any atom is 0.123 e. The molecule has 3 heteroatoms. The van der Waals surface area contributed by atoms with Crippen LogP contribution in [-0.4, -0.2) is 0 Å². The summed E-state index contributed by atoms with van der Waals surface area (Å²) in [5.74, 6) is -0.284. The average Bonchev–Trinajstić information content (AvgIpc) is 2.30. The molecule has 0 radical (unpaired) electrons. The Morgan fingerprint density at radius 3 is 2.31 bits per heavy atom. The van der Waals surface area contributed by atoms with E-state index < -0.39 is 0 Å². The van der Waals surface area contributed by atoms with E-state index in [-0.39, 0.29) is 5.82 Å². The van der Waals surface area contributed by atoms with Crippen molar-refractivity contribution in [2.75, 3.05) is 0 Å². The van der Waals surface area contributed by atoms with Gasteiger partial charge in [0.25, 0.3) is 0 Å². The van der Waals surface area contributed by atoms with Crippen LogP contribution in [0.3, 0.4) is 0 Å².